The van der Waals surface area contributed by atoms with Gasteiger partial charge in [-0.25, -0.2) is 0 Å². The maximum absolute atomic E-state index is 13.2. The van der Waals surface area contributed by atoms with Gasteiger partial charge in [-0.15, -0.1) is 0 Å². The second-order valence-electron chi connectivity index (χ2n) is 7.16. The van der Waals surface area contributed by atoms with E-state index in [2.05, 4.69) is 0 Å². The third-order valence-corrected chi connectivity index (χ3v) is 6.70. The Labute approximate surface area is 180 Å². The Morgan fingerprint density at radius 1 is 1.41 bits per heavy atom. The van der Waals surface area contributed by atoms with E-state index in [1.54, 1.807) is 20.1 Å². The summed E-state index contributed by atoms with van der Waals surface area (Å²) in [6.45, 7) is 2.43. The molecule has 6 nitrogen and oxygen atoms in total. The minimum absolute atomic E-state index is 0.0197. The van der Waals surface area contributed by atoms with Gasteiger partial charge in [0.25, 0.3) is 5.91 Å². The maximum Gasteiger partial charge on any atom is 0.266 e. The van der Waals surface area contributed by atoms with Gasteiger partial charge in [0.05, 0.1) is 12.0 Å². The molecule has 0 unspecified atom stereocenters. The van der Waals surface area contributed by atoms with E-state index in [0.717, 1.165) is 24.8 Å². The molecule has 2 fully saturated rings. The van der Waals surface area contributed by atoms with Crippen LogP contribution in [0.4, 0.5) is 0 Å². The van der Waals surface area contributed by atoms with Gasteiger partial charge in [0, 0.05) is 24.8 Å². The van der Waals surface area contributed by atoms with Gasteiger partial charge < -0.3 is 14.7 Å². The van der Waals surface area contributed by atoms with E-state index in [1.165, 1.54) is 16.7 Å². The Balaban J connectivity index is 1.80. The summed E-state index contributed by atoms with van der Waals surface area (Å²) in [5.74, 6) is 0.294. The molecule has 1 aromatic carbocycles. The summed E-state index contributed by atoms with van der Waals surface area (Å²) < 4.78 is 5.73. The number of thioether (sulfide) groups is 1. The van der Waals surface area contributed by atoms with Crippen molar-refractivity contribution in [3.63, 3.8) is 0 Å². The van der Waals surface area contributed by atoms with Crippen LogP contribution in [-0.2, 0) is 9.59 Å². The molecule has 0 radical (unpaired) electrons. The average molecular weight is 435 g/mol. The number of carbonyl (C=O) groups excluding carboxylic acids is 2. The topological polar surface area (TPSA) is 70.1 Å². The number of ether oxygens (including phenoxy) is 1. The lowest BCUT2D eigenvalue weighted by Gasteiger charge is -2.38. The van der Waals surface area contributed by atoms with E-state index in [-0.39, 0.29) is 24.5 Å². The van der Waals surface area contributed by atoms with E-state index in [9.17, 15) is 14.7 Å². The van der Waals surface area contributed by atoms with Crippen molar-refractivity contribution in [2.75, 3.05) is 20.3 Å². The normalized spacial score (nSPS) is 22.3. The number of thiocarbonyl (C=S) groups is 1. The van der Waals surface area contributed by atoms with E-state index in [1.807, 2.05) is 29.2 Å². The molecule has 2 aliphatic heterocycles. The first-order chi connectivity index (χ1) is 14.0. The highest BCUT2D eigenvalue weighted by Crippen LogP contribution is 2.36. The van der Waals surface area contributed by atoms with Crippen molar-refractivity contribution in [3.05, 3.63) is 34.7 Å². The predicted octanol–water partition coefficient (Wildman–Crippen LogP) is 3.05. The van der Waals surface area contributed by atoms with Crippen LogP contribution in [0.25, 0.3) is 6.08 Å². The monoisotopic (exact) mass is 434 g/mol. The first kappa shape index (κ1) is 21.8. The van der Waals surface area contributed by atoms with E-state index in [4.69, 9.17) is 17.0 Å². The SMILES string of the molecule is COc1ccccc1/C=C1\SC(=S)N([C@@H](C)C(=O)N2CCCC[C@@H]2CCO)C1=O. The summed E-state index contributed by atoms with van der Waals surface area (Å²) in [6, 6.07) is 6.78. The van der Waals surface area contributed by atoms with Gasteiger partial charge >= 0.3 is 0 Å². The summed E-state index contributed by atoms with van der Waals surface area (Å²) in [5.41, 5.74) is 0.786. The fourth-order valence-electron chi connectivity index (χ4n) is 3.83. The zero-order valence-electron chi connectivity index (χ0n) is 16.7. The molecule has 1 N–H and O–H groups in total. The molecule has 0 aromatic heterocycles. The van der Waals surface area contributed by atoms with Crippen molar-refractivity contribution in [1.82, 2.24) is 9.80 Å². The highest BCUT2D eigenvalue weighted by molar-refractivity contribution is 8.26. The van der Waals surface area contributed by atoms with Gasteiger partial charge in [-0.3, -0.25) is 14.5 Å². The van der Waals surface area contributed by atoms with Gasteiger partial charge in [0.1, 0.15) is 16.1 Å². The van der Waals surface area contributed by atoms with Crippen LogP contribution in [0.5, 0.6) is 5.75 Å². The Morgan fingerprint density at radius 2 is 2.17 bits per heavy atom. The number of para-hydroxylation sites is 1. The minimum atomic E-state index is -0.676. The van der Waals surface area contributed by atoms with Gasteiger partial charge in [-0.05, 0) is 44.7 Å². The van der Waals surface area contributed by atoms with Gasteiger partial charge in [-0.1, -0.05) is 42.2 Å². The molecule has 8 heteroatoms. The lowest BCUT2D eigenvalue weighted by molar-refractivity contribution is -0.142. The van der Waals surface area contributed by atoms with Crippen molar-refractivity contribution < 1.29 is 19.4 Å². The van der Waals surface area contributed by atoms with Gasteiger partial charge in [0.2, 0.25) is 5.91 Å². The van der Waals surface area contributed by atoms with Crippen molar-refractivity contribution in [3.8, 4) is 5.75 Å². The van der Waals surface area contributed by atoms with Crippen LogP contribution in [0.3, 0.4) is 0 Å². The number of methoxy groups -OCH3 is 1. The first-order valence-corrected chi connectivity index (χ1v) is 11.0. The molecule has 29 heavy (non-hydrogen) atoms. The van der Waals surface area contributed by atoms with Crippen LogP contribution in [0.2, 0.25) is 0 Å². The molecule has 2 heterocycles. The second-order valence-corrected chi connectivity index (χ2v) is 8.84. The highest BCUT2D eigenvalue weighted by Gasteiger charge is 2.41. The van der Waals surface area contributed by atoms with E-state index < -0.39 is 6.04 Å². The third kappa shape index (κ3) is 4.65. The molecule has 0 spiro atoms. The number of nitrogens with zero attached hydrogens (tertiary/aromatic N) is 2. The fourth-order valence-corrected chi connectivity index (χ4v) is 5.24. The molecule has 0 saturated carbocycles. The lowest BCUT2D eigenvalue weighted by Crippen LogP contribution is -2.53. The first-order valence-electron chi connectivity index (χ1n) is 9.79. The Morgan fingerprint density at radius 3 is 2.90 bits per heavy atom. The van der Waals surface area contributed by atoms with E-state index >= 15 is 0 Å². The van der Waals surface area contributed by atoms with Gasteiger partial charge in [0.15, 0.2) is 0 Å². The quantitative estimate of drug-likeness (QED) is 0.548. The molecule has 2 amide bonds. The molecular weight excluding hydrogens is 408 g/mol. The van der Waals surface area contributed by atoms with Crippen molar-refractivity contribution in [1.29, 1.82) is 0 Å². The van der Waals surface area contributed by atoms with E-state index in [0.29, 0.717) is 27.9 Å². The van der Waals surface area contributed by atoms with Crippen LogP contribution in [0.15, 0.2) is 29.2 Å². The summed E-state index contributed by atoms with van der Waals surface area (Å²) in [5, 5.41) is 9.33. The zero-order valence-corrected chi connectivity index (χ0v) is 18.3. The number of aliphatic hydroxyl groups excluding tert-OH is 1. The summed E-state index contributed by atoms with van der Waals surface area (Å²) in [7, 11) is 1.58. The number of hydrogen-bond donors (Lipinski definition) is 1. The van der Waals surface area contributed by atoms with Crippen LogP contribution in [-0.4, -0.2) is 63.4 Å². The maximum atomic E-state index is 13.2. The average Bonchev–Trinajstić information content (AvgIpc) is 3.01. The van der Waals surface area contributed by atoms with Crippen LogP contribution < -0.4 is 4.74 Å². The van der Waals surface area contributed by atoms with Crippen LogP contribution >= 0.6 is 24.0 Å². The molecule has 0 bridgehead atoms. The zero-order chi connectivity index (χ0) is 21.0. The predicted molar refractivity (Wildman–Crippen MR) is 119 cm³/mol. The number of likely N-dealkylation sites (tertiary alicyclic amines) is 1. The molecule has 2 saturated heterocycles. The Kier molecular flexibility index (Phi) is 7.32. The molecule has 1 aromatic rings. The van der Waals surface area contributed by atoms with Crippen LogP contribution in [0.1, 0.15) is 38.2 Å². The largest absolute Gasteiger partial charge is 0.496 e. The summed E-state index contributed by atoms with van der Waals surface area (Å²) in [6.07, 6.45) is 5.18. The molecule has 2 aliphatic rings. The summed E-state index contributed by atoms with van der Waals surface area (Å²) >= 11 is 6.64. The van der Waals surface area contributed by atoms with Crippen molar-refractivity contribution in [2.45, 2.75) is 44.7 Å². The third-order valence-electron chi connectivity index (χ3n) is 5.37. The number of aliphatic hydroxyl groups is 1. The fraction of sp³-hybridized carbons (Fsp3) is 0.476. The number of rotatable bonds is 6. The standard InChI is InChI=1S/C21H26N2O4S2/c1-14(19(25)22-11-6-5-8-16(22)10-12-24)23-20(26)18(29-21(23)28)13-15-7-3-4-9-17(15)27-2/h3-4,7,9,13-14,16,24H,5-6,8,10-12H2,1-2H3/b18-13-/t14-,16+/m0/s1. The number of hydrogen-bond acceptors (Lipinski definition) is 6. The molecule has 2 atom stereocenters. The molecule has 3 rings (SSSR count). The summed E-state index contributed by atoms with van der Waals surface area (Å²) in [4.78, 5) is 29.9. The molecule has 0 aliphatic carbocycles. The molecule has 156 valence electrons. The lowest BCUT2D eigenvalue weighted by atomic mass is 9.98. The number of amides is 2. The Hall–Kier alpha value is -1.90. The van der Waals surface area contributed by atoms with Crippen molar-refractivity contribution in [2.24, 2.45) is 0 Å². The number of carbonyl (C=O) groups is 2. The van der Waals surface area contributed by atoms with Crippen molar-refractivity contribution >= 4 is 46.2 Å². The highest BCUT2D eigenvalue weighted by atomic mass is 32.2. The second kappa shape index (κ2) is 9.73. The number of benzene rings is 1. The molecular formula is C21H26N2O4S2. The number of piperidine rings is 1. The van der Waals surface area contributed by atoms with Crippen LogP contribution in [0, 0.1) is 0 Å². The smallest absolute Gasteiger partial charge is 0.266 e. The Bertz CT molecular complexity index is 825. The minimum Gasteiger partial charge on any atom is -0.496 e. The van der Waals surface area contributed by atoms with Gasteiger partial charge in [-0.2, -0.15) is 0 Å².